The van der Waals surface area contributed by atoms with Gasteiger partial charge in [0, 0.05) is 32.9 Å². The van der Waals surface area contributed by atoms with Crippen LogP contribution in [0.2, 0.25) is 0 Å². The molecule has 1 aliphatic heterocycles. The molecule has 0 aliphatic carbocycles. The van der Waals surface area contributed by atoms with Gasteiger partial charge in [-0.05, 0) is 63.4 Å². The van der Waals surface area contributed by atoms with Crippen molar-refractivity contribution < 1.29 is 18.8 Å². The van der Waals surface area contributed by atoms with Crippen molar-refractivity contribution in [3.05, 3.63) is 83.4 Å². The summed E-state index contributed by atoms with van der Waals surface area (Å²) in [6, 6.07) is 18.4. The van der Waals surface area contributed by atoms with Gasteiger partial charge in [-0.1, -0.05) is 24.3 Å². The first kappa shape index (κ1) is 23.0. The van der Waals surface area contributed by atoms with Gasteiger partial charge < -0.3 is 14.3 Å². The lowest BCUT2D eigenvalue weighted by Crippen LogP contribution is -2.41. The number of benzene rings is 2. The molecule has 1 atom stereocenters. The number of rotatable bonds is 6. The first-order valence-electron chi connectivity index (χ1n) is 11.2. The van der Waals surface area contributed by atoms with Crippen LogP contribution in [0.3, 0.4) is 0 Å². The van der Waals surface area contributed by atoms with E-state index in [-0.39, 0.29) is 12.3 Å². The number of nitrogens with zero attached hydrogens (tertiary/aromatic N) is 2. The number of nitrogens with one attached hydrogen (secondary N) is 1. The number of imide groups is 1. The highest BCUT2D eigenvalue weighted by atomic mass is 32.2. The predicted octanol–water partition coefficient (Wildman–Crippen LogP) is 5.21. The molecule has 0 radical (unpaired) electrons. The summed E-state index contributed by atoms with van der Waals surface area (Å²) in [7, 11) is 0. The second-order valence-corrected chi connectivity index (χ2v) is 9.72. The van der Waals surface area contributed by atoms with Crippen LogP contribution in [0.15, 0.2) is 70.0 Å². The minimum atomic E-state index is -1.38. The number of amides is 3. The Morgan fingerprint density at radius 2 is 1.83 bits per heavy atom. The molecule has 1 fully saturated rings. The van der Waals surface area contributed by atoms with E-state index in [0.717, 1.165) is 32.3 Å². The number of aryl methyl sites for hydroxylation is 1. The number of para-hydroxylation sites is 1. The van der Waals surface area contributed by atoms with E-state index >= 15 is 0 Å². The van der Waals surface area contributed by atoms with Crippen LogP contribution in [0.1, 0.15) is 34.4 Å². The molecular formula is C27H25N3O4S. The number of fused-ring (bicyclic) bond motifs is 1. The predicted molar refractivity (Wildman–Crippen MR) is 135 cm³/mol. The largest absolute Gasteiger partial charge is 0.458 e. The molecule has 1 saturated heterocycles. The van der Waals surface area contributed by atoms with Crippen LogP contribution in [-0.4, -0.2) is 40.0 Å². The van der Waals surface area contributed by atoms with Crippen molar-refractivity contribution in [2.75, 3.05) is 12.8 Å². The van der Waals surface area contributed by atoms with E-state index in [9.17, 15) is 14.4 Å². The Morgan fingerprint density at radius 3 is 2.57 bits per heavy atom. The Bertz CT molecular complexity index is 1470. The Balaban J connectivity index is 1.42. The summed E-state index contributed by atoms with van der Waals surface area (Å²) >= 11 is 1.65. The van der Waals surface area contributed by atoms with Gasteiger partial charge in [0.1, 0.15) is 11.3 Å². The van der Waals surface area contributed by atoms with Gasteiger partial charge in [0.15, 0.2) is 11.3 Å². The molecule has 2 aromatic heterocycles. The Hall–Kier alpha value is -3.78. The summed E-state index contributed by atoms with van der Waals surface area (Å²) < 4.78 is 7.88. The van der Waals surface area contributed by atoms with E-state index in [1.54, 1.807) is 36.9 Å². The van der Waals surface area contributed by atoms with Crippen molar-refractivity contribution in [3.8, 4) is 5.69 Å². The summed E-state index contributed by atoms with van der Waals surface area (Å²) in [5.41, 5.74) is 2.34. The molecule has 178 valence electrons. The Morgan fingerprint density at radius 1 is 1.06 bits per heavy atom. The summed E-state index contributed by atoms with van der Waals surface area (Å²) in [6.07, 6.45) is 2.01. The molecular weight excluding hydrogens is 462 g/mol. The molecule has 8 heteroatoms. The lowest BCUT2D eigenvalue weighted by molar-refractivity contribution is -0.131. The minimum Gasteiger partial charge on any atom is -0.458 e. The highest BCUT2D eigenvalue weighted by Crippen LogP contribution is 2.33. The van der Waals surface area contributed by atoms with Crippen molar-refractivity contribution >= 4 is 40.5 Å². The molecule has 0 unspecified atom stereocenters. The zero-order valence-electron chi connectivity index (χ0n) is 19.9. The number of Topliss-reactive ketones (excluding diaryl/α,β-unsaturated/α-hetero) is 1. The lowest BCUT2D eigenvalue weighted by Gasteiger charge is -2.18. The maximum atomic E-state index is 13.4. The zero-order chi connectivity index (χ0) is 24.9. The van der Waals surface area contributed by atoms with E-state index in [2.05, 4.69) is 11.4 Å². The number of ketones is 1. The second-order valence-electron chi connectivity index (χ2n) is 8.84. The van der Waals surface area contributed by atoms with Gasteiger partial charge in [-0.25, -0.2) is 4.79 Å². The van der Waals surface area contributed by atoms with E-state index in [4.69, 9.17) is 4.42 Å². The van der Waals surface area contributed by atoms with Crippen molar-refractivity contribution in [3.63, 3.8) is 0 Å². The monoisotopic (exact) mass is 487 g/mol. The second kappa shape index (κ2) is 8.46. The average molecular weight is 488 g/mol. The maximum Gasteiger partial charge on any atom is 0.325 e. The van der Waals surface area contributed by atoms with Crippen molar-refractivity contribution in [1.82, 2.24) is 14.8 Å². The average Bonchev–Trinajstić information content (AvgIpc) is 3.48. The van der Waals surface area contributed by atoms with E-state index < -0.39 is 17.5 Å². The van der Waals surface area contributed by atoms with Gasteiger partial charge in [0.2, 0.25) is 0 Å². The topological polar surface area (TPSA) is 84.6 Å². The highest BCUT2D eigenvalue weighted by molar-refractivity contribution is 7.98. The molecule has 7 nitrogen and oxygen atoms in total. The molecule has 5 rings (SSSR count). The first-order chi connectivity index (χ1) is 16.7. The standard InChI is InChI=1S/C27H25N3O4S/c1-16-12-21(17(2)30(16)19-9-7-10-20(14-19)35-4)22(31)15-29-25(32)27(3,28-26(29)33)24-13-18-8-5-6-11-23(18)34-24/h5-14H,15H2,1-4H3,(H,28,33)/t27-/m1/s1. The van der Waals surface area contributed by atoms with E-state index in [1.807, 2.05) is 61.1 Å². The van der Waals surface area contributed by atoms with Gasteiger partial charge in [-0.15, -0.1) is 11.8 Å². The number of hydrogen-bond acceptors (Lipinski definition) is 5. The molecule has 1 N–H and O–H groups in total. The summed E-state index contributed by atoms with van der Waals surface area (Å²) in [4.78, 5) is 41.5. The lowest BCUT2D eigenvalue weighted by atomic mass is 9.98. The number of furan rings is 1. The quantitative estimate of drug-likeness (QED) is 0.229. The number of urea groups is 1. The number of hydrogen-bond donors (Lipinski definition) is 1. The summed E-state index contributed by atoms with van der Waals surface area (Å²) in [5.74, 6) is -0.488. The van der Waals surface area contributed by atoms with Crippen molar-refractivity contribution in [2.24, 2.45) is 0 Å². The Labute approximate surface area is 207 Å². The van der Waals surface area contributed by atoms with Crippen LogP contribution in [-0.2, 0) is 10.3 Å². The molecule has 0 spiro atoms. The number of carbonyl (C=O) groups is 3. The number of thioether (sulfide) groups is 1. The zero-order valence-corrected chi connectivity index (χ0v) is 20.7. The molecule has 3 amide bonds. The number of carbonyl (C=O) groups excluding carboxylic acids is 3. The van der Waals surface area contributed by atoms with Crippen LogP contribution in [0.5, 0.6) is 0 Å². The SMILES string of the molecule is CSc1cccc(-n2c(C)cc(C(=O)CN3C(=O)N[C@](C)(c4cc5ccccc5o4)C3=O)c2C)c1. The third kappa shape index (κ3) is 3.74. The molecule has 0 bridgehead atoms. The normalized spacial score (nSPS) is 17.9. The fraction of sp³-hybridized carbons (Fsp3) is 0.222. The maximum absolute atomic E-state index is 13.4. The van der Waals surface area contributed by atoms with Crippen molar-refractivity contribution in [1.29, 1.82) is 0 Å². The van der Waals surface area contributed by atoms with Crippen LogP contribution in [0.25, 0.3) is 16.7 Å². The van der Waals surface area contributed by atoms with Crippen LogP contribution in [0.4, 0.5) is 4.79 Å². The first-order valence-corrected chi connectivity index (χ1v) is 12.4. The molecule has 35 heavy (non-hydrogen) atoms. The van der Waals surface area contributed by atoms with Gasteiger partial charge in [0.25, 0.3) is 5.91 Å². The van der Waals surface area contributed by atoms with E-state index in [0.29, 0.717) is 16.9 Å². The van der Waals surface area contributed by atoms with Crippen LogP contribution in [0, 0.1) is 13.8 Å². The fourth-order valence-electron chi connectivity index (χ4n) is 4.66. The molecule has 2 aromatic carbocycles. The van der Waals surface area contributed by atoms with Gasteiger partial charge in [-0.2, -0.15) is 0 Å². The molecule has 0 saturated carbocycles. The summed E-state index contributed by atoms with van der Waals surface area (Å²) in [6.45, 7) is 5.05. The fourth-order valence-corrected chi connectivity index (χ4v) is 5.11. The third-order valence-corrected chi connectivity index (χ3v) is 7.26. The third-order valence-electron chi connectivity index (χ3n) is 6.54. The van der Waals surface area contributed by atoms with Gasteiger partial charge in [0.05, 0.1) is 6.54 Å². The van der Waals surface area contributed by atoms with Crippen LogP contribution >= 0.6 is 11.8 Å². The number of aromatic nitrogens is 1. The van der Waals surface area contributed by atoms with Gasteiger partial charge >= 0.3 is 6.03 Å². The highest BCUT2D eigenvalue weighted by Gasteiger charge is 2.51. The van der Waals surface area contributed by atoms with E-state index in [1.165, 1.54) is 0 Å². The molecule has 1 aliphatic rings. The van der Waals surface area contributed by atoms with Crippen molar-refractivity contribution in [2.45, 2.75) is 31.2 Å². The minimum absolute atomic E-state index is 0.303. The van der Waals surface area contributed by atoms with Gasteiger partial charge in [-0.3, -0.25) is 14.5 Å². The molecule has 3 heterocycles. The van der Waals surface area contributed by atoms with Crippen LogP contribution < -0.4 is 5.32 Å². The molecule has 4 aromatic rings. The summed E-state index contributed by atoms with van der Waals surface area (Å²) in [5, 5.41) is 3.55. The smallest absolute Gasteiger partial charge is 0.325 e. The Kier molecular flexibility index (Phi) is 5.56.